The number of hydrogen-bond acceptors (Lipinski definition) is 4. The van der Waals surface area contributed by atoms with Crippen LogP contribution in [-0.2, 0) is 21.4 Å². The van der Waals surface area contributed by atoms with Crippen LogP contribution >= 0.6 is 38.9 Å². The maximum Gasteiger partial charge on any atom is 0.233 e. The first-order valence-electron chi connectivity index (χ1n) is 10.4. The van der Waals surface area contributed by atoms with Gasteiger partial charge in [-0.05, 0) is 43.0 Å². The molecule has 1 aliphatic carbocycles. The molecular weight excluding hydrogens is 486 g/mol. The highest BCUT2D eigenvalue weighted by molar-refractivity contribution is 9.10. The van der Waals surface area contributed by atoms with E-state index < -0.39 is 0 Å². The number of fused-ring (bicyclic) bond motifs is 2. The number of carbonyl (C=O) groups excluding carboxylic acids is 2. The SMILES string of the molecule is O=C(C1CCCC1)N1CCC2(C1)CN(C(=O)Cc1ncc(Cl)s1)c1ccc(Br)cc12. The molecule has 5 rings (SSSR count). The molecule has 1 aromatic carbocycles. The van der Waals surface area contributed by atoms with Gasteiger partial charge < -0.3 is 9.80 Å². The third-order valence-corrected chi connectivity index (χ3v) is 8.39. The maximum absolute atomic E-state index is 13.2. The van der Waals surface area contributed by atoms with Gasteiger partial charge in [0, 0.05) is 41.1 Å². The Bertz CT molecular complexity index is 1010. The summed E-state index contributed by atoms with van der Waals surface area (Å²) in [6.45, 7) is 2.08. The van der Waals surface area contributed by atoms with Crippen molar-refractivity contribution >= 4 is 56.4 Å². The summed E-state index contributed by atoms with van der Waals surface area (Å²) in [5.41, 5.74) is 1.94. The van der Waals surface area contributed by atoms with Crippen LogP contribution in [0.1, 0.15) is 42.7 Å². The quantitative estimate of drug-likeness (QED) is 0.598. The molecule has 1 unspecified atom stereocenters. The Balaban J connectivity index is 1.41. The van der Waals surface area contributed by atoms with Gasteiger partial charge in [0.15, 0.2) is 0 Å². The van der Waals surface area contributed by atoms with Crippen LogP contribution < -0.4 is 4.90 Å². The molecule has 0 radical (unpaired) electrons. The summed E-state index contributed by atoms with van der Waals surface area (Å²) in [5.74, 6) is 0.529. The summed E-state index contributed by atoms with van der Waals surface area (Å²) < 4.78 is 1.60. The predicted octanol–water partition coefficient (Wildman–Crippen LogP) is 4.81. The van der Waals surface area contributed by atoms with Gasteiger partial charge in [-0.3, -0.25) is 9.59 Å². The second-order valence-electron chi connectivity index (χ2n) is 8.65. The maximum atomic E-state index is 13.2. The highest BCUT2D eigenvalue weighted by Crippen LogP contribution is 2.48. The van der Waals surface area contributed by atoms with Crippen LogP contribution in [0.5, 0.6) is 0 Å². The third-order valence-electron chi connectivity index (χ3n) is 6.78. The smallest absolute Gasteiger partial charge is 0.233 e. The summed E-state index contributed by atoms with van der Waals surface area (Å²) in [6, 6.07) is 6.13. The second kappa shape index (κ2) is 7.92. The molecule has 2 aromatic rings. The van der Waals surface area contributed by atoms with Crippen LogP contribution in [-0.4, -0.2) is 41.3 Å². The number of rotatable bonds is 3. The topological polar surface area (TPSA) is 53.5 Å². The minimum Gasteiger partial charge on any atom is -0.341 e. The first kappa shape index (κ1) is 20.5. The number of nitrogens with zero attached hydrogens (tertiary/aromatic N) is 3. The molecule has 1 saturated carbocycles. The molecule has 8 heteroatoms. The lowest BCUT2D eigenvalue weighted by Crippen LogP contribution is -2.41. The number of thiazole rings is 1. The fraction of sp³-hybridized carbons (Fsp3) is 0.500. The second-order valence-corrected chi connectivity index (χ2v) is 11.3. The lowest BCUT2D eigenvalue weighted by atomic mass is 9.81. The van der Waals surface area contributed by atoms with Gasteiger partial charge in [0.25, 0.3) is 0 Å². The Morgan fingerprint density at radius 1 is 1.27 bits per heavy atom. The number of anilines is 1. The fourth-order valence-electron chi connectivity index (χ4n) is 5.30. The number of halogens is 2. The Morgan fingerprint density at radius 2 is 2.07 bits per heavy atom. The molecular formula is C22H23BrClN3O2S. The molecule has 0 bridgehead atoms. The zero-order chi connectivity index (χ0) is 20.9. The molecule has 1 aromatic heterocycles. The van der Waals surface area contributed by atoms with Crippen LogP contribution in [0.25, 0.3) is 0 Å². The molecule has 3 heterocycles. The van der Waals surface area contributed by atoms with Crippen molar-refractivity contribution in [2.45, 2.75) is 43.9 Å². The zero-order valence-electron chi connectivity index (χ0n) is 16.6. The van der Waals surface area contributed by atoms with Crippen molar-refractivity contribution < 1.29 is 9.59 Å². The predicted molar refractivity (Wildman–Crippen MR) is 122 cm³/mol. The zero-order valence-corrected chi connectivity index (χ0v) is 19.7. The molecule has 0 N–H and O–H groups in total. The fourth-order valence-corrected chi connectivity index (χ4v) is 6.61. The third kappa shape index (κ3) is 3.59. The Morgan fingerprint density at radius 3 is 2.80 bits per heavy atom. The van der Waals surface area contributed by atoms with Gasteiger partial charge in [0.2, 0.25) is 11.8 Å². The average molecular weight is 509 g/mol. The van der Waals surface area contributed by atoms with Crippen molar-refractivity contribution in [3.63, 3.8) is 0 Å². The van der Waals surface area contributed by atoms with E-state index in [9.17, 15) is 9.59 Å². The van der Waals surface area contributed by atoms with Crippen LogP contribution in [0, 0.1) is 5.92 Å². The molecule has 5 nitrogen and oxygen atoms in total. The Kier molecular flexibility index (Phi) is 5.40. The Labute approximate surface area is 193 Å². The molecule has 158 valence electrons. The molecule has 2 aliphatic heterocycles. The first-order valence-corrected chi connectivity index (χ1v) is 12.4. The molecule has 30 heavy (non-hydrogen) atoms. The molecule has 1 spiro atoms. The molecule has 1 atom stereocenters. The van der Waals surface area contributed by atoms with Gasteiger partial charge >= 0.3 is 0 Å². The largest absolute Gasteiger partial charge is 0.341 e. The van der Waals surface area contributed by atoms with E-state index in [2.05, 4.69) is 31.9 Å². The summed E-state index contributed by atoms with van der Waals surface area (Å²) in [7, 11) is 0. The number of carbonyl (C=O) groups is 2. The lowest BCUT2D eigenvalue weighted by Gasteiger charge is -2.27. The normalized spacial score (nSPS) is 23.5. The van der Waals surface area contributed by atoms with Crippen LogP contribution in [0.2, 0.25) is 4.34 Å². The van der Waals surface area contributed by atoms with Crippen molar-refractivity contribution in [1.82, 2.24) is 9.88 Å². The van der Waals surface area contributed by atoms with E-state index >= 15 is 0 Å². The van der Waals surface area contributed by atoms with E-state index in [-0.39, 0.29) is 23.7 Å². The van der Waals surface area contributed by atoms with Gasteiger partial charge in [-0.25, -0.2) is 4.98 Å². The van der Waals surface area contributed by atoms with Gasteiger partial charge in [0.1, 0.15) is 9.34 Å². The minimum absolute atomic E-state index is 0.0297. The standard InChI is InChI=1S/C22H23BrClN3O2S/c23-15-5-6-17-16(9-15)22(7-8-26(12-22)21(29)14-3-1-2-4-14)13-27(17)20(28)10-19-25-11-18(24)30-19/h5-6,9,11,14H,1-4,7-8,10,12-13H2. The number of hydrogen-bond donors (Lipinski definition) is 0. The lowest BCUT2D eigenvalue weighted by molar-refractivity contribution is -0.134. The minimum atomic E-state index is -0.191. The van der Waals surface area contributed by atoms with Gasteiger partial charge in [-0.2, -0.15) is 0 Å². The van der Waals surface area contributed by atoms with Crippen LogP contribution in [0.4, 0.5) is 5.69 Å². The van der Waals surface area contributed by atoms with Crippen molar-refractivity contribution in [2.24, 2.45) is 5.92 Å². The van der Waals surface area contributed by atoms with Crippen LogP contribution in [0.3, 0.4) is 0 Å². The van der Waals surface area contributed by atoms with Crippen molar-refractivity contribution in [1.29, 1.82) is 0 Å². The highest BCUT2D eigenvalue weighted by Gasteiger charge is 2.50. The van der Waals surface area contributed by atoms with E-state index in [0.717, 1.165) is 53.8 Å². The number of aromatic nitrogens is 1. The summed E-state index contributed by atoms with van der Waals surface area (Å²) in [5, 5.41) is 0.731. The molecule has 2 fully saturated rings. The molecule has 3 aliphatic rings. The highest BCUT2D eigenvalue weighted by atomic mass is 79.9. The van der Waals surface area contributed by atoms with E-state index in [1.165, 1.54) is 16.9 Å². The van der Waals surface area contributed by atoms with Gasteiger partial charge in [0.05, 0.1) is 12.6 Å². The van der Waals surface area contributed by atoms with Crippen molar-refractivity contribution in [3.05, 3.63) is 43.8 Å². The monoisotopic (exact) mass is 507 g/mol. The number of benzene rings is 1. The Hall–Kier alpha value is -1.44. The molecule has 1 saturated heterocycles. The van der Waals surface area contributed by atoms with Crippen LogP contribution in [0.15, 0.2) is 28.9 Å². The van der Waals surface area contributed by atoms with E-state index in [0.29, 0.717) is 23.3 Å². The summed E-state index contributed by atoms with van der Waals surface area (Å²) >= 11 is 10.9. The average Bonchev–Trinajstić information content (AvgIpc) is 3.51. The van der Waals surface area contributed by atoms with Gasteiger partial charge in [-0.15, -0.1) is 11.3 Å². The number of likely N-dealkylation sites (tertiary alicyclic amines) is 1. The number of amides is 2. The van der Waals surface area contributed by atoms with Crippen molar-refractivity contribution in [2.75, 3.05) is 24.5 Å². The van der Waals surface area contributed by atoms with Crippen molar-refractivity contribution in [3.8, 4) is 0 Å². The van der Waals surface area contributed by atoms with E-state index in [1.54, 1.807) is 6.20 Å². The summed E-state index contributed by atoms with van der Waals surface area (Å²) in [6.07, 6.45) is 7.09. The van der Waals surface area contributed by atoms with Gasteiger partial charge in [-0.1, -0.05) is 40.4 Å². The van der Waals surface area contributed by atoms with E-state index in [4.69, 9.17) is 11.6 Å². The van der Waals surface area contributed by atoms with E-state index in [1.807, 2.05) is 17.0 Å². The molecule has 2 amide bonds. The summed E-state index contributed by atoms with van der Waals surface area (Å²) in [4.78, 5) is 34.4. The first-order chi connectivity index (χ1) is 14.4.